The summed E-state index contributed by atoms with van der Waals surface area (Å²) in [4.78, 5) is 2.59. The minimum Gasteiger partial charge on any atom is -0.314 e. The van der Waals surface area contributed by atoms with Crippen molar-refractivity contribution in [1.82, 2.24) is 4.57 Å². The smallest absolute Gasteiger partial charge is 0.0537 e. The Morgan fingerprint density at radius 2 is 1.56 bits per heavy atom. The van der Waals surface area contributed by atoms with Crippen molar-refractivity contribution in [2.75, 3.05) is 4.90 Å². The van der Waals surface area contributed by atoms with Crippen molar-refractivity contribution in [3.63, 3.8) is 0 Å². The van der Waals surface area contributed by atoms with Crippen LogP contribution in [0, 0.1) is 11.8 Å². The SMILES string of the molecule is CC1C=C(c2ccc(-n3c4c(c5cc(C6C=CC(N(C7=CC8=C(CC7)c7ccccc7C8(C)C)c7cccc8ccccc78)=CC6C)ccc53)CCC=C4)cc2)C=CC1. The molecule has 0 fully saturated rings. The first kappa shape index (κ1) is 36.0. The molecule has 5 aliphatic carbocycles. The van der Waals surface area contributed by atoms with Gasteiger partial charge in [-0.3, -0.25) is 0 Å². The van der Waals surface area contributed by atoms with E-state index in [1.807, 2.05) is 0 Å². The molecule has 6 aromatic rings. The Morgan fingerprint density at radius 1 is 0.729 bits per heavy atom. The van der Waals surface area contributed by atoms with E-state index >= 15 is 0 Å². The van der Waals surface area contributed by atoms with Crippen molar-refractivity contribution in [1.29, 1.82) is 0 Å². The lowest BCUT2D eigenvalue weighted by Crippen LogP contribution is -2.26. The van der Waals surface area contributed by atoms with E-state index in [4.69, 9.17) is 0 Å². The molecule has 1 heterocycles. The number of nitrogens with zero attached hydrogens (tertiary/aromatic N) is 2. The summed E-state index contributed by atoms with van der Waals surface area (Å²) in [6.07, 6.45) is 27.0. The lowest BCUT2D eigenvalue weighted by atomic mass is 9.79. The van der Waals surface area contributed by atoms with Crippen LogP contribution in [0.5, 0.6) is 0 Å². The molecule has 1 aromatic heterocycles. The highest BCUT2D eigenvalue weighted by molar-refractivity contribution is 5.97. The van der Waals surface area contributed by atoms with Gasteiger partial charge in [0.15, 0.2) is 0 Å². The van der Waals surface area contributed by atoms with Crippen molar-refractivity contribution in [2.24, 2.45) is 11.8 Å². The molecule has 5 aliphatic rings. The monoisotopic (exact) mass is 764 g/mol. The van der Waals surface area contributed by atoms with Crippen LogP contribution < -0.4 is 4.90 Å². The lowest BCUT2D eigenvalue weighted by molar-refractivity contribution is 0.626. The minimum absolute atomic E-state index is 0.0314. The molecule has 2 heteroatoms. The Balaban J connectivity index is 0.962. The molecule has 0 aliphatic heterocycles. The van der Waals surface area contributed by atoms with Crippen molar-refractivity contribution in [2.45, 2.75) is 71.1 Å². The predicted molar refractivity (Wildman–Crippen MR) is 251 cm³/mol. The molecular formula is C57H52N2. The normalized spacial score (nSPS) is 21.6. The summed E-state index contributed by atoms with van der Waals surface area (Å²) in [5.74, 6) is 1.18. The van der Waals surface area contributed by atoms with Crippen molar-refractivity contribution in [3.8, 4) is 5.69 Å². The topological polar surface area (TPSA) is 8.17 Å². The van der Waals surface area contributed by atoms with E-state index in [-0.39, 0.29) is 11.3 Å². The standard InChI is InChI=1S/C57H52N2/c1-37-13-11-16-41(33-37)39-23-26-43(27-24-39)59-55-21-10-8-19-50(55)51-35-42(25-32-56(51)59)46-30-28-44(34-38(46)2)58(54-22-12-15-40-14-5-6-17-47(40)54)45-29-31-49-48-18-7-9-20-52(48)57(3,4)53(49)36-45/h5-7,9-12,14-18,20-28,30,32-38,46H,8,13,19,29,31H2,1-4H3. The number of anilines is 1. The van der Waals surface area contributed by atoms with E-state index in [2.05, 4.69) is 201 Å². The maximum absolute atomic E-state index is 2.59. The van der Waals surface area contributed by atoms with Crippen LogP contribution in [-0.4, -0.2) is 4.57 Å². The van der Waals surface area contributed by atoms with Gasteiger partial charge in [0, 0.05) is 44.9 Å². The zero-order chi connectivity index (χ0) is 39.8. The molecule has 3 atom stereocenters. The molecule has 0 bridgehead atoms. The summed E-state index contributed by atoms with van der Waals surface area (Å²) in [7, 11) is 0. The van der Waals surface area contributed by atoms with Gasteiger partial charge in [-0.15, -0.1) is 0 Å². The van der Waals surface area contributed by atoms with Crippen LogP contribution in [0.2, 0.25) is 0 Å². The maximum atomic E-state index is 2.59. The molecule has 0 amide bonds. The molecule has 2 nitrogen and oxygen atoms in total. The molecule has 0 saturated carbocycles. The van der Waals surface area contributed by atoms with Gasteiger partial charge in [-0.1, -0.05) is 143 Å². The first-order valence-electron chi connectivity index (χ1n) is 21.9. The highest BCUT2D eigenvalue weighted by atomic mass is 15.2. The molecule has 11 rings (SSSR count). The third-order valence-electron chi connectivity index (χ3n) is 14.0. The average molecular weight is 765 g/mol. The van der Waals surface area contributed by atoms with E-state index in [0.717, 1.165) is 32.1 Å². The van der Waals surface area contributed by atoms with Crippen molar-refractivity contribution < 1.29 is 0 Å². The second kappa shape index (κ2) is 14.0. The highest BCUT2D eigenvalue weighted by Crippen LogP contribution is 2.52. The van der Waals surface area contributed by atoms with Crippen molar-refractivity contribution in [3.05, 3.63) is 208 Å². The number of hydrogen-bond donors (Lipinski definition) is 0. The van der Waals surface area contributed by atoms with Gasteiger partial charge in [-0.25, -0.2) is 0 Å². The Labute approximate surface area is 349 Å². The van der Waals surface area contributed by atoms with Crippen LogP contribution in [-0.2, 0) is 11.8 Å². The molecule has 3 unspecified atom stereocenters. The summed E-state index contributed by atoms with van der Waals surface area (Å²) >= 11 is 0. The number of aryl methyl sites for hydroxylation is 1. The number of allylic oxidation sites excluding steroid dienone is 12. The van der Waals surface area contributed by atoms with Crippen LogP contribution in [0.25, 0.3) is 44.6 Å². The fraction of sp³-hybridized carbons (Fsp3) is 0.228. The van der Waals surface area contributed by atoms with E-state index in [1.54, 1.807) is 0 Å². The quantitative estimate of drug-likeness (QED) is 0.164. The number of benzene rings is 5. The van der Waals surface area contributed by atoms with Gasteiger partial charge in [0.05, 0.1) is 11.2 Å². The number of aromatic nitrogens is 1. The maximum Gasteiger partial charge on any atom is 0.0537 e. The van der Waals surface area contributed by atoms with Crippen LogP contribution in [0.15, 0.2) is 175 Å². The highest BCUT2D eigenvalue weighted by Gasteiger charge is 2.39. The van der Waals surface area contributed by atoms with Crippen LogP contribution in [0.1, 0.15) is 92.8 Å². The van der Waals surface area contributed by atoms with Crippen LogP contribution in [0.3, 0.4) is 0 Å². The fourth-order valence-electron chi connectivity index (χ4n) is 11.0. The van der Waals surface area contributed by atoms with Gasteiger partial charge in [0.25, 0.3) is 0 Å². The molecule has 0 spiro atoms. The van der Waals surface area contributed by atoms with Gasteiger partial charge in [0.2, 0.25) is 0 Å². The molecule has 5 aromatic carbocycles. The van der Waals surface area contributed by atoms with Gasteiger partial charge >= 0.3 is 0 Å². The summed E-state index contributed by atoms with van der Waals surface area (Å²) in [6.45, 7) is 9.53. The summed E-state index contributed by atoms with van der Waals surface area (Å²) in [6, 6.07) is 41.3. The zero-order valence-corrected chi connectivity index (χ0v) is 34.8. The predicted octanol–water partition coefficient (Wildman–Crippen LogP) is 14.8. The number of hydrogen-bond acceptors (Lipinski definition) is 1. The molecular weight excluding hydrogens is 713 g/mol. The van der Waals surface area contributed by atoms with Gasteiger partial charge in [-0.2, -0.15) is 0 Å². The largest absolute Gasteiger partial charge is 0.314 e. The van der Waals surface area contributed by atoms with E-state index < -0.39 is 0 Å². The molecule has 0 radical (unpaired) electrons. The van der Waals surface area contributed by atoms with Gasteiger partial charge in [0.1, 0.15) is 0 Å². The first-order valence-corrected chi connectivity index (χ1v) is 21.9. The number of rotatable bonds is 6. The molecule has 0 saturated heterocycles. The second-order valence-corrected chi connectivity index (χ2v) is 18.1. The molecule has 0 N–H and O–H groups in total. The number of fused-ring (bicyclic) bond motifs is 6. The summed E-state index contributed by atoms with van der Waals surface area (Å²) in [5, 5.41) is 3.95. The van der Waals surface area contributed by atoms with Gasteiger partial charge in [-0.05, 0) is 142 Å². The van der Waals surface area contributed by atoms with E-state index in [9.17, 15) is 0 Å². The fourth-order valence-corrected chi connectivity index (χ4v) is 11.0. The van der Waals surface area contributed by atoms with E-state index in [0.29, 0.717) is 11.8 Å². The summed E-state index contributed by atoms with van der Waals surface area (Å²) < 4.78 is 2.49. The third kappa shape index (κ3) is 5.90. The first-order chi connectivity index (χ1) is 28.8. The lowest BCUT2D eigenvalue weighted by Gasteiger charge is -2.36. The van der Waals surface area contributed by atoms with Crippen LogP contribution >= 0.6 is 0 Å². The Kier molecular flexibility index (Phi) is 8.55. The Morgan fingerprint density at radius 3 is 2.42 bits per heavy atom. The minimum atomic E-state index is -0.0314. The van der Waals surface area contributed by atoms with Crippen LogP contribution in [0.4, 0.5) is 5.69 Å². The molecule has 290 valence electrons. The van der Waals surface area contributed by atoms with Crippen molar-refractivity contribution >= 4 is 44.6 Å². The summed E-state index contributed by atoms with van der Waals surface area (Å²) in [5.41, 5.74) is 19.1. The third-order valence-corrected chi connectivity index (χ3v) is 14.0. The molecule has 59 heavy (non-hydrogen) atoms. The Bertz CT molecular complexity index is 2910. The second-order valence-electron chi connectivity index (χ2n) is 18.1. The average Bonchev–Trinajstić information content (AvgIpc) is 3.72. The van der Waals surface area contributed by atoms with E-state index in [1.165, 1.54) is 94.7 Å². The zero-order valence-electron chi connectivity index (χ0n) is 34.8. The Hall–Kier alpha value is -6.12. The van der Waals surface area contributed by atoms with Gasteiger partial charge < -0.3 is 9.47 Å².